The van der Waals surface area contributed by atoms with Gasteiger partial charge < -0.3 is 62.7 Å². The van der Waals surface area contributed by atoms with Crippen LogP contribution in [-0.2, 0) is 41.2 Å². The van der Waals surface area contributed by atoms with E-state index in [1.807, 2.05) is 0 Å². The minimum Gasteiger partial charge on any atom is -0.494 e. The van der Waals surface area contributed by atoms with E-state index < -0.39 is 148 Å². The van der Waals surface area contributed by atoms with E-state index >= 15 is 0 Å². The molecule has 3 unspecified atom stereocenters. The number of carbonyl (C=O) groups excluding carboxylic acids is 3. The second kappa shape index (κ2) is 25.0. The van der Waals surface area contributed by atoms with Crippen molar-refractivity contribution in [1.82, 2.24) is 40.5 Å². The molecule has 34 heteroatoms. The lowest BCUT2D eigenvalue weighted by atomic mass is 9.89. The van der Waals surface area contributed by atoms with Crippen molar-refractivity contribution >= 4 is 107 Å². The average Bonchev–Trinajstić information content (AvgIpc) is 0.862. The lowest BCUT2D eigenvalue weighted by molar-refractivity contribution is -0.142. The molecule has 0 bridgehead atoms. The average molecular weight is 1240 g/mol. The molecule has 0 radical (unpaired) electrons. The third-order valence-corrected chi connectivity index (χ3v) is 16.1. The molecule has 31 nitrogen and oxygen atoms in total. The lowest BCUT2D eigenvalue weighted by Gasteiger charge is -2.23. The molecule has 3 atom stereocenters. The van der Waals surface area contributed by atoms with Gasteiger partial charge in [0.2, 0.25) is 17.7 Å². The number of thioether (sulfide) groups is 1. The number of hydrogen-bond acceptors (Lipinski definition) is 22. The summed E-state index contributed by atoms with van der Waals surface area (Å²) in [6, 6.07) is 11.0. The molecular formula is C52H50N12O19S3. The first-order valence-corrected chi connectivity index (χ1v) is 29.1. The largest absolute Gasteiger partial charge is 0.494 e. The molecule has 0 saturated heterocycles. The molecule has 2 aliphatic rings. The number of benzene rings is 4. The Hall–Kier alpha value is -10.2. The maximum absolute atomic E-state index is 14.1. The van der Waals surface area contributed by atoms with Crippen molar-refractivity contribution in [3.05, 3.63) is 117 Å². The van der Waals surface area contributed by atoms with Crippen LogP contribution < -0.4 is 43.7 Å². The van der Waals surface area contributed by atoms with E-state index in [2.05, 4.69) is 41.2 Å². The number of aromatic amines is 1. The second-order valence-corrected chi connectivity index (χ2v) is 22.7. The Morgan fingerprint density at radius 3 is 2.12 bits per heavy atom. The van der Waals surface area contributed by atoms with Crippen molar-refractivity contribution in [3.63, 3.8) is 0 Å². The quantitative estimate of drug-likeness (QED) is 0.0178. The van der Waals surface area contributed by atoms with E-state index in [9.17, 15) is 85.0 Å². The van der Waals surface area contributed by atoms with Crippen molar-refractivity contribution in [3.8, 4) is 34.2 Å². The van der Waals surface area contributed by atoms with Crippen LogP contribution in [0.5, 0.6) is 11.8 Å². The fourth-order valence-corrected chi connectivity index (χ4v) is 11.5. The number of H-pyrrole nitrogens is 1. The summed E-state index contributed by atoms with van der Waals surface area (Å²) in [6.07, 6.45) is -0.0201. The summed E-state index contributed by atoms with van der Waals surface area (Å²) in [4.78, 5) is 102. The van der Waals surface area contributed by atoms with Crippen LogP contribution >= 0.6 is 11.8 Å². The first-order valence-electron chi connectivity index (χ1n) is 25.2. The Morgan fingerprint density at radius 2 is 1.47 bits per heavy atom. The van der Waals surface area contributed by atoms with Gasteiger partial charge in [-0.05, 0) is 85.5 Å². The Morgan fingerprint density at radius 1 is 0.802 bits per heavy atom. The molecule has 6 aromatic rings. The standard InChI is InChI=1S/C52H50N12O19S3/c1-2-3-4-35(61-46(68)23-7-10-26(29(17-23)49(71)72)38-27-11-13-30(53)42(85(77,78)79)40(27)83-41-28(38)12-14-31(54)43(41)86(80,81)82)64-37(66)18-34(48(64)70)84-21-33(51(75)76)59-36(65)16-15-32(50(73)74)60-45(67)22-5-8-24(9-6-22)56-19-25-20-57-44-39(58-25)47(69)63-52(55)62-44/h5-14,17-18,20,32-33,35,53,56,66,70H,2-4,15-16,19,21,54H2,1H3,(H,59,65)(H,60,67)(H,61,68)(H,71,72)(H,73,74)(H,75,76)(H,77,78,79)(H,80,81,82)(H3,55,57,62,63,69). The van der Waals surface area contributed by atoms with Crippen LogP contribution in [0.2, 0.25) is 0 Å². The van der Waals surface area contributed by atoms with E-state index in [4.69, 9.17) is 21.3 Å². The molecule has 3 aromatic carbocycles. The summed E-state index contributed by atoms with van der Waals surface area (Å²) >= 11 is 0.665. The van der Waals surface area contributed by atoms with E-state index in [1.165, 1.54) is 36.5 Å². The summed E-state index contributed by atoms with van der Waals surface area (Å²) in [6.45, 7) is 1.90. The Kier molecular flexibility index (Phi) is 18.0. The monoisotopic (exact) mass is 1240 g/mol. The fourth-order valence-electron chi connectivity index (χ4n) is 9.04. The fraction of sp³-hybridized carbons (Fsp3) is 0.212. The van der Waals surface area contributed by atoms with Crippen LogP contribution in [0.25, 0.3) is 44.6 Å². The Balaban J connectivity index is 0.939. The number of nitrogens with zero attached hydrogens (tertiary/aromatic N) is 4. The van der Waals surface area contributed by atoms with E-state index in [1.54, 1.807) is 6.92 Å². The number of nitrogens with one attached hydrogen (secondary N) is 6. The zero-order valence-electron chi connectivity index (χ0n) is 44.4. The first kappa shape index (κ1) is 61.9. The number of fused-ring (bicyclic) bond motifs is 3. The summed E-state index contributed by atoms with van der Waals surface area (Å²) in [7, 11) is -10.6. The smallest absolute Gasteiger partial charge is 0.336 e. The van der Waals surface area contributed by atoms with Crippen LogP contribution in [0.4, 0.5) is 17.3 Å². The number of aromatic carboxylic acids is 1. The number of aliphatic carboxylic acids is 2. The third-order valence-electron chi connectivity index (χ3n) is 13.1. The number of hydrogen-bond donors (Lipinski definition) is 15. The maximum Gasteiger partial charge on any atom is 0.336 e. The SMILES string of the molecule is CCCCC(NC(=O)c1ccc(-c2c3ccc(=N)c(S(=O)(=O)O)c-3oc3c(S(=O)(=O)O)c(N)ccc23)c(C(=O)O)c1)n1c(O)cc(SCC(NC(=O)CCC(NC(=O)c2ccc(NCc3cnc4nc(N)[nH]c(=O)c4n3)cc2)C(=O)O)C(=O)O)c1O. The first-order chi connectivity index (χ1) is 40.5. The van der Waals surface area contributed by atoms with E-state index in [-0.39, 0.29) is 68.2 Å². The van der Waals surface area contributed by atoms with Gasteiger partial charge in [-0.3, -0.25) is 43.2 Å². The number of rotatable bonds is 24. The molecule has 86 heavy (non-hydrogen) atoms. The molecule has 8 rings (SSSR count). The van der Waals surface area contributed by atoms with Crippen molar-refractivity contribution in [2.24, 2.45) is 0 Å². The summed E-state index contributed by atoms with van der Waals surface area (Å²) < 4.78 is 77.5. The van der Waals surface area contributed by atoms with Crippen LogP contribution in [-0.4, -0.2) is 129 Å². The molecule has 1 aliphatic carbocycles. The minimum atomic E-state index is -5.32. The maximum atomic E-state index is 14.1. The van der Waals surface area contributed by atoms with Crippen molar-refractivity contribution < 1.29 is 84.7 Å². The van der Waals surface area contributed by atoms with Gasteiger partial charge in [0, 0.05) is 51.6 Å². The normalized spacial score (nSPS) is 12.8. The summed E-state index contributed by atoms with van der Waals surface area (Å²) in [5.41, 5.74) is 8.62. The van der Waals surface area contributed by atoms with Gasteiger partial charge in [-0.2, -0.15) is 21.8 Å². The van der Waals surface area contributed by atoms with E-state index in [0.717, 1.165) is 47.0 Å². The molecule has 0 spiro atoms. The summed E-state index contributed by atoms with van der Waals surface area (Å²) in [5, 5.41) is 70.6. The number of nitrogens with two attached hydrogens (primary N) is 2. The molecule has 450 valence electrons. The number of nitrogen functional groups attached to an aromatic ring is 2. The molecule has 3 amide bonds. The highest BCUT2D eigenvalue weighted by Crippen LogP contribution is 2.46. The van der Waals surface area contributed by atoms with Crippen molar-refractivity contribution in [2.45, 2.75) is 78.5 Å². The van der Waals surface area contributed by atoms with Crippen LogP contribution in [0.15, 0.2) is 103 Å². The Bertz CT molecular complexity index is 4400. The topological polar surface area (TPSA) is 526 Å². The number of aromatic hydroxyl groups is 2. The second-order valence-electron chi connectivity index (χ2n) is 19.0. The highest BCUT2D eigenvalue weighted by molar-refractivity contribution is 7.99. The lowest BCUT2D eigenvalue weighted by Crippen LogP contribution is -2.44. The van der Waals surface area contributed by atoms with Gasteiger partial charge in [0.1, 0.15) is 18.2 Å². The highest BCUT2D eigenvalue weighted by atomic mass is 32.2. The van der Waals surface area contributed by atoms with E-state index in [0.29, 0.717) is 36.0 Å². The number of carboxylic acids is 3. The minimum absolute atomic E-state index is 0.0248. The van der Waals surface area contributed by atoms with Gasteiger partial charge in [-0.15, -0.1) is 11.8 Å². The predicted molar refractivity (Wildman–Crippen MR) is 303 cm³/mol. The molecule has 0 fully saturated rings. The number of amides is 3. The highest BCUT2D eigenvalue weighted by Gasteiger charge is 2.33. The number of aromatic nitrogens is 5. The van der Waals surface area contributed by atoms with Crippen LogP contribution in [0, 0.1) is 5.41 Å². The van der Waals surface area contributed by atoms with Crippen LogP contribution in [0.1, 0.15) is 82.0 Å². The van der Waals surface area contributed by atoms with Crippen molar-refractivity contribution in [1.29, 1.82) is 5.41 Å². The molecule has 1 aliphatic heterocycles. The van der Waals surface area contributed by atoms with Gasteiger partial charge in [-0.25, -0.2) is 24.4 Å². The predicted octanol–water partition coefficient (Wildman–Crippen LogP) is 3.34. The molecular weight excluding hydrogens is 1190 g/mol. The van der Waals surface area contributed by atoms with Gasteiger partial charge in [0.15, 0.2) is 38.2 Å². The third kappa shape index (κ3) is 13.4. The zero-order valence-corrected chi connectivity index (χ0v) is 46.8. The summed E-state index contributed by atoms with van der Waals surface area (Å²) in [5.74, 6) is -10.2. The van der Waals surface area contributed by atoms with Gasteiger partial charge in [0.25, 0.3) is 37.6 Å². The molecule has 3 aromatic heterocycles. The van der Waals surface area contributed by atoms with Gasteiger partial charge in [-0.1, -0.05) is 19.4 Å². The van der Waals surface area contributed by atoms with Crippen LogP contribution in [0.3, 0.4) is 0 Å². The number of anilines is 3. The number of unbranched alkanes of at least 4 members (excludes halogenated alkanes) is 1. The zero-order chi connectivity index (χ0) is 62.7. The molecule has 4 heterocycles. The molecule has 17 N–H and O–H groups in total. The van der Waals surface area contributed by atoms with Gasteiger partial charge in [0.05, 0.1) is 39.9 Å². The van der Waals surface area contributed by atoms with Crippen molar-refractivity contribution in [2.75, 3.05) is 22.5 Å². The number of carbonyl (C=O) groups is 6. The number of carboxylic acid groups (broad SMARTS) is 3. The van der Waals surface area contributed by atoms with Gasteiger partial charge >= 0.3 is 17.9 Å². The Labute approximate surface area is 487 Å². The molecule has 0 saturated carbocycles.